The van der Waals surface area contributed by atoms with Crippen molar-refractivity contribution in [2.75, 3.05) is 32.8 Å². The van der Waals surface area contributed by atoms with Gasteiger partial charge in [0.15, 0.2) is 0 Å². The van der Waals surface area contributed by atoms with Gasteiger partial charge in [0.25, 0.3) is 0 Å². The van der Waals surface area contributed by atoms with Gasteiger partial charge in [0.2, 0.25) is 0 Å². The van der Waals surface area contributed by atoms with E-state index < -0.39 is 0 Å². The topological polar surface area (TPSA) is 53.2 Å². The molecule has 1 aromatic carbocycles. The molecule has 24 heavy (non-hydrogen) atoms. The first-order valence-corrected chi connectivity index (χ1v) is 8.43. The van der Waals surface area contributed by atoms with Crippen LogP contribution in [-0.4, -0.2) is 47.9 Å². The summed E-state index contributed by atoms with van der Waals surface area (Å²) in [5.74, 6) is -0.197. The largest absolute Gasteiger partial charge is 0.379 e. The summed E-state index contributed by atoms with van der Waals surface area (Å²) in [6, 6.07) is 7.04. The van der Waals surface area contributed by atoms with Crippen molar-refractivity contribution < 1.29 is 9.13 Å². The highest BCUT2D eigenvalue weighted by Crippen LogP contribution is 2.22. The molecular weight excluding hydrogens is 307 g/mol. The van der Waals surface area contributed by atoms with Crippen LogP contribution in [-0.2, 0) is 11.3 Å². The fourth-order valence-electron chi connectivity index (χ4n) is 3.20. The van der Waals surface area contributed by atoms with Gasteiger partial charge < -0.3 is 10.1 Å². The summed E-state index contributed by atoms with van der Waals surface area (Å²) >= 11 is 0. The van der Waals surface area contributed by atoms with E-state index in [9.17, 15) is 4.39 Å². The molecule has 0 saturated carbocycles. The monoisotopic (exact) mass is 332 g/mol. The van der Waals surface area contributed by atoms with Crippen LogP contribution in [0.15, 0.2) is 24.3 Å². The molecule has 6 heteroatoms. The lowest BCUT2D eigenvalue weighted by atomic mass is 10.0. The summed E-state index contributed by atoms with van der Waals surface area (Å²) in [5, 5.41) is 10.8. The number of benzene rings is 1. The zero-order valence-corrected chi connectivity index (χ0v) is 14.3. The minimum absolute atomic E-state index is 0.197. The summed E-state index contributed by atoms with van der Waals surface area (Å²) in [7, 11) is 0. The highest BCUT2D eigenvalue weighted by molar-refractivity contribution is 5.23. The highest BCUT2D eigenvalue weighted by atomic mass is 19.1. The fraction of sp³-hybridized carbons (Fsp3) is 0.500. The van der Waals surface area contributed by atoms with E-state index in [0.29, 0.717) is 0 Å². The number of ether oxygens (including phenoxy) is 1. The Hall–Kier alpha value is -1.76. The van der Waals surface area contributed by atoms with Gasteiger partial charge in [-0.2, -0.15) is 5.10 Å². The molecule has 0 spiro atoms. The van der Waals surface area contributed by atoms with E-state index in [-0.39, 0.29) is 11.9 Å². The van der Waals surface area contributed by atoms with Crippen LogP contribution >= 0.6 is 0 Å². The third-order valence-corrected chi connectivity index (χ3v) is 4.66. The molecule has 1 atom stereocenters. The average Bonchev–Trinajstić information content (AvgIpc) is 2.92. The standard InChI is InChI=1S/C18H25FN4O/c1-13-17(14(2)22-21-13)11-20-12-18(23-7-9-24-10-8-23)15-3-5-16(19)6-4-15/h3-6,18,20H,7-12H2,1-2H3,(H,21,22). The number of hydrogen-bond donors (Lipinski definition) is 2. The van der Waals surface area contributed by atoms with Crippen molar-refractivity contribution in [3.05, 3.63) is 52.6 Å². The SMILES string of the molecule is Cc1n[nH]c(C)c1CNCC(c1ccc(F)cc1)N1CCOCC1. The molecule has 2 heterocycles. The second-order valence-electron chi connectivity index (χ2n) is 6.26. The van der Waals surface area contributed by atoms with E-state index in [2.05, 4.69) is 20.4 Å². The summed E-state index contributed by atoms with van der Waals surface area (Å²) in [4.78, 5) is 2.40. The smallest absolute Gasteiger partial charge is 0.123 e. The molecule has 130 valence electrons. The second-order valence-corrected chi connectivity index (χ2v) is 6.26. The molecule has 2 N–H and O–H groups in total. The van der Waals surface area contributed by atoms with E-state index >= 15 is 0 Å². The second kappa shape index (κ2) is 7.88. The van der Waals surface area contributed by atoms with Gasteiger partial charge in [0.1, 0.15) is 5.82 Å². The molecule has 5 nitrogen and oxygen atoms in total. The maximum absolute atomic E-state index is 13.3. The maximum atomic E-state index is 13.3. The molecule has 1 aromatic heterocycles. The van der Waals surface area contributed by atoms with Crippen LogP contribution in [0, 0.1) is 19.7 Å². The molecule has 1 aliphatic rings. The van der Waals surface area contributed by atoms with Crippen LogP contribution < -0.4 is 5.32 Å². The lowest BCUT2D eigenvalue weighted by Crippen LogP contribution is -2.42. The molecule has 3 rings (SSSR count). The predicted molar refractivity (Wildman–Crippen MR) is 91.3 cm³/mol. The van der Waals surface area contributed by atoms with Gasteiger partial charge in [0, 0.05) is 43.5 Å². The Morgan fingerprint density at radius 2 is 1.96 bits per heavy atom. The van der Waals surface area contributed by atoms with E-state index in [0.717, 1.165) is 56.3 Å². The Labute approximate surface area is 142 Å². The van der Waals surface area contributed by atoms with E-state index in [1.54, 1.807) is 0 Å². The van der Waals surface area contributed by atoms with Gasteiger partial charge in [-0.05, 0) is 31.5 Å². The first-order valence-electron chi connectivity index (χ1n) is 8.43. The summed E-state index contributed by atoms with van der Waals surface area (Å²) < 4.78 is 18.7. The molecule has 0 bridgehead atoms. The summed E-state index contributed by atoms with van der Waals surface area (Å²) in [5.41, 5.74) is 4.48. The summed E-state index contributed by atoms with van der Waals surface area (Å²) in [6.45, 7) is 8.92. The van der Waals surface area contributed by atoms with Crippen molar-refractivity contribution in [1.82, 2.24) is 20.4 Å². The zero-order valence-electron chi connectivity index (χ0n) is 14.3. The number of aromatic amines is 1. The Morgan fingerprint density at radius 3 is 2.58 bits per heavy atom. The van der Waals surface area contributed by atoms with Crippen molar-refractivity contribution in [1.29, 1.82) is 0 Å². The molecule has 1 saturated heterocycles. The number of hydrogen-bond acceptors (Lipinski definition) is 4. The van der Waals surface area contributed by atoms with E-state index in [1.165, 1.54) is 17.7 Å². The van der Waals surface area contributed by atoms with Crippen LogP contribution in [0.4, 0.5) is 4.39 Å². The van der Waals surface area contributed by atoms with Crippen molar-refractivity contribution in [3.63, 3.8) is 0 Å². The molecule has 0 amide bonds. The lowest BCUT2D eigenvalue weighted by Gasteiger charge is -2.35. The Bertz CT molecular complexity index is 630. The number of aryl methyl sites for hydroxylation is 2. The van der Waals surface area contributed by atoms with Crippen molar-refractivity contribution >= 4 is 0 Å². The lowest BCUT2D eigenvalue weighted by molar-refractivity contribution is 0.0161. The van der Waals surface area contributed by atoms with Gasteiger partial charge in [-0.25, -0.2) is 4.39 Å². The minimum atomic E-state index is -0.197. The highest BCUT2D eigenvalue weighted by Gasteiger charge is 2.22. The Kier molecular flexibility index (Phi) is 5.60. The van der Waals surface area contributed by atoms with Gasteiger partial charge in [0.05, 0.1) is 18.9 Å². The molecule has 1 unspecified atom stereocenters. The Morgan fingerprint density at radius 1 is 1.25 bits per heavy atom. The normalized spacial score (nSPS) is 17.1. The van der Waals surface area contributed by atoms with Crippen LogP contribution in [0.3, 0.4) is 0 Å². The van der Waals surface area contributed by atoms with Crippen molar-refractivity contribution in [2.45, 2.75) is 26.4 Å². The number of nitrogens with one attached hydrogen (secondary N) is 2. The number of H-pyrrole nitrogens is 1. The van der Waals surface area contributed by atoms with Crippen LogP contribution in [0.2, 0.25) is 0 Å². The molecule has 0 aliphatic carbocycles. The third kappa shape index (κ3) is 4.01. The molecule has 1 aliphatic heterocycles. The number of morpholine rings is 1. The first kappa shape index (κ1) is 17.1. The Balaban J connectivity index is 1.68. The summed E-state index contributed by atoms with van der Waals surface area (Å²) in [6.07, 6.45) is 0. The fourth-order valence-corrected chi connectivity index (χ4v) is 3.20. The molecule has 1 fully saturated rings. The average molecular weight is 332 g/mol. The molecule has 2 aromatic rings. The van der Waals surface area contributed by atoms with Crippen LogP contribution in [0.25, 0.3) is 0 Å². The van der Waals surface area contributed by atoms with Gasteiger partial charge in [-0.1, -0.05) is 12.1 Å². The third-order valence-electron chi connectivity index (χ3n) is 4.66. The number of aromatic nitrogens is 2. The van der Waals surface area contributed by atoms with Crippen LogP contribution in [0.1, 0.15) is 28.6 Å². The first-order chi connectivity index (χ1) is 11.6. The number of halogens is 1. The zero-order chi connectivity index (χ0) is 16.9. The molecule has 0 radical (unpaired) electrons. The van der Waals surface area contributed by atoms with Gasteiger partial charge in [-0.3, -0.25) is 10.00 Å². The predicted octanol–water partition coefficient (Wildman–Crippen LogP) is 2.33. The number of nitrogens with zero attached hydrogens (tertiary/aromatic N) is 2. The van der Waals surface area contributed by atoms with Gasteiger partial charge >= 0.3 is 0 Å². The van der Waals surface area contributed by atoms with E-state index in [1.807, 2.05) is 26.0 Å². The van der Waals surface area contributed by atoms with Gasteiger partial charge in [-0.15, -0.1) is 0 Å². The number of rotatable bonds is 6. The van der Waals surface area contributed by atoms with Crippen LogP contribution in [0.5, 0.6) is 0 Å². The van der Waals surface area contributed by atoms with Crippen molar-refractivity contribution in [2.24, 2.45) is 0 Å². The van der Waals surface area contributed by atoms with E-state index in [4.69, 9.17) is 4.74 Å². The quantitative estimate of drug-likeness (QED) is 0.852. The maximum Gasteiger partial charge on any atom is 0.123 e. The minimum Gasteiger partial charge on any atom is -0.379 e. The molecular formula is C18H25FN4O. The van der Waals surface area contributed by atoms with Crippen molar-refractivity contribution in [3.8, 4) is 0 Å².